The monoisotopic (exact) mass is 228 g/mol. The molecule has 0 heterocycles. The van der Waals surface area contributed by atoms with Crippen LogP contribution in [-0.2, 0) is 19.1 Å². The molecule has 0 radical (unpaired) electrons. The van der Waals surface area contributed by atoms with Crippen LogP contribution in [0.5, 0.6) is 0 Å². The molecule has 0 bridgehead atoms. The largest absolute Gasteiger partial charge is 0.432 e. The van der Waals surface area contributed by atoms with Gasteiger partial charge in [0.25, 0.3) is 0 Å². The lowest BCUT2D eigenvalue weighted by atomic mass is 10.2. The summed E-state index contributed by atoms with van der Waals surface area (Å²) in [7, 11) is 0. The number of Topliss-reactive ketones (excluding diaryl/α,β-unsaturated/α-hetero) is 1. The second-order valence-corrected chi connectivity index (χ2v) is 4.12. The van der Waals surface area contributed by atoms with Crippen LogP contribution in [-0.4, -0.2) is 24.6 Å². The third kappa shape index (κ3) is 6.35. The van der Waals surface area contributed by atoms with Gasteiger partial charge in [-0.25, -0.2) is 4.79 Å². The minimum atomic E-state index is -0.622. The van der Waals surface area contributed by atoms with E-state index in [0.29, 0.717) is 12.0 Å². The third-order valence-electron chi connectivity index (χ3n) is 1.85. The van der Waals surface area contributed by atoms with Crippen molar-refractivity contribution in [3.05, 3.63) is 12.2 Å². The third-order valence-corrected chi connectivity index (χ3v) is 1.85. The molecule has 0 fully saturated rings. The van der Waals surface area contributed by atoms with Crippen molar-refractivity contribution in [1.82, 2.24) is 0 Å². The second-order valence-electron chi connectivity index (χ2n) is 4.12. The first-order chi connectivity index (χ1) is 7.34. The Balaban J connectivity index is 4.13. The average molecular weight is 228 g/mol. The summed E-state index contributed by atoms with van der Waals surface area (Å²) in [6.45, 7) is 10.6. The fraction of sp³-hybridized carbons (Fsp3) is 0.667. The van der Waals surface area contributed by atoms with Gasteiger partial charge in [-0.2, -0.15) is 0 Å². The van der Waals surface area contributed by atoms with Crippen LogP contribution in [0.4, 0.5) is 0 Å². The number of rotatable bonds is 7. The van der Waals surface area contributed by atoms with E-state index in [-0.39, 0.29) is 18.3 Å². The molecule has 0 N–H and O–H groups in total. The molecule has 0 spiro atoms. The molecular formula is C12H20O4. The van der Waals surface area contributed by atoms with Crippen molar-refractivity contribution in [2.45, 2.75) is 40.4 Å². The van der Waals surface area contributed by atoms with Crippen molar-refractivity contribution in [2.75, 3.05) is 6.61 Å². The predicted octanol–water partition coefficient (Wildman–Crippen LogP) is 2.08. The summed E-state index contributed by atoms with van der Waals surface area (Å²) >= 11 is 0. The van der Waals surface area contributed by atoms with E-state index >= 15 is 0 Å². The van der Waals surface area contributed by atoms with Crippen molar-refractivity contribution in [2.24, 2.45) is 5.92 Å². The molecule has 16 heavy (non-hydrogen) atoms. The van der Waals surface area contributed by atoms with Gasteiger partial charge in [-0.1, -0.05) is 20.4 Å². The summed E-state index contributed by atoms with van der Waals surface area (Å²) < 4.78 is 10.4. The lowest BCUT2D eigenvalue weighted by molar-refractivity contribution is -0.184. The number of hydrogen-bond acceptors (Lipinski definition) is 4. The number of carbonyl (C=O) groups is 2. The second kappa shape index (κ2) is 7.17. The highest BCUT2D eigenvalue weighted by atomic mass is 16.7. The summed E-state index contributed by atoms with van der Waals surface area (Å²) in [5, 5.41) is 0. The molecule has 0 aliphatic carbocycles. The van der Waals surface area contributed by atoms with Gasteiger partial charge < -0.3 is 9.47 Å². The molecule has 0 saturated heterocycles. The van der Waals surface area contributed by atoms with E-state index < -0.39 is 12.3 Å². The zero-order chi connectivity index (χ0) is 12.7. The molecule has 0 saturated carbocycles. The first-order valence-electron chi connectivity index (χ1n) is 5.32. The summed E-state index contributed by atoms with van der Waals surface area (Å²) in [4.78, 5) is 22.0. The van der Waals surface area contributed by atoms with Crippen LogP contribution in [0.1, 0.15) is 34.1 Å². The molecule has 4 nitrogen and oxygen atoms in total. The Bertz CT molecular complexity index is 268. The number of ketones is 1. The minimum absolute atomic E-state index is 0.0373. The lowest BCUT2D eigenvalue weighted by Crippen LogP contribution is -2.27. The Labute approximate surface area is 96.6 Å². The van der Waals surface area contributed by atoms with E-state index in [2.05, 4.69) is 6.58 Å². The van der Waals surface area contributed by atoms with E-state index in [1.54, 1.807) is 6.92 Å². The van der Waals surface area contributed by atoms with E-state index in [1.165, 1.54) is 6.92 Å². The molecule has 4 heteroatoms. The minimum Gasteiger partial charge on any atom is -0.432 e. The zero-order valence-corrected chi connectivity index (χ0v) is 10.4. The SMILES string of the molecule is C=C(C)C(=O)OC(OCCC(C)=O)C(C)C. The van der Waals surface area contributed by atoms with Gasteiger partial charge in [-0.15, -0.1) is 0 Å². The Morgan fingerprint density at radius 1 is 1.25 bits per heavy atom. The highest BCUT2D eigenvalue weighted by Crippen LogP contribution is 2.11. The Morgan fingerprint density at radius 2 is 1.81 bits per heavy atom. The van der Waals surface area contributed by atoms with Crippen molar-refractivity contribution < 1.29 is 19.1 Å². The standard InChI is InChI=1S/C12H20O4/c1-8(2)11(14)16-12(9(3)4)15-7-6-10(5)13/h9,12H,1,6-7H2,2-5H3. The van der Waals surface area contributed by atoms with Crippen molar-refractivity contribution in [3.63, 3.8) is 0 Å². The van der Waals surface area contributed by atoms with Crippen molar-refractivity contribution >= 4 is 11.8 Å². The van der Waals surface area contributed by atoms with E-state index in [4.69, 9.17) is 9.47 Å². The van der Waals surface area contributed by atoms with Gasteiger partial charge in [0.1, 0.15) is 5.78 Å². The fourth-order valence-corrected chi connectivity index (χ4v) is 0.887. The number of esters is 1. The maximum absolute atomic E-state index is 11.3. The molecule has 0 amide bonds. The molecule has 0 aromatic carbocycles. The van der Waals surface area contributed by atoms with Gasteiger partial charge >= 0.3 is 5.97 Å². The zero-order valence-electron chi connectivity index (χ0n) is 10.4. The maximum Gasteiger partial charge on any atom is 0.335 e. The smallest absolute Gasteiger partial charge is 0.335 e. The highest BCUT2D eigenvalue weighted by molar-refractivity contribution is 5.87. The van der Waals surface area contributed by atoms with Crippen LogP contribution in [0.25, 0.3) is 0 Å². The van der Waals surface area contributed by atoms with Gasteiger partial charge in [-0.05, 0) is 13.8 Å². The molecule has 0 aromatic heterocycles. The van der Waals surface area contributed by atoms with Crippen molar-refractivity contribution in [3.8, 4) is 0 Å². The molecule has 92 valence electrons. The fourth-order valence-electron chi connectivity index (χ4n) is 0.887. The van der Waals surface area contributed by atoms with Crippen LogP contribution < -0.4 is 0 Å². The Hall–Kier alpha value is -1.16. The topological polar surface area (TPSA) is 52.6 Å². The van der Waals surface area contributed by atoms with Crippen LogP contribution in [0.15, 0.2) is 12.2 Å². The summed E-state index contributed by atoms with van der Waals surface area (Å²) in [5.74, 6) is -0.384. The normalized spacial score (nSPS) is 12.3. The van der Waals surface area contributed by atoms with Gasteiger partial charge in [0.05, 0.1) is 6.61 Å². The molecule has 1 unspecified atom stereocenters. The maximum atomic E-state index is 11.3. The molecule has 1 atom stereocenters. The Morgan fingerprint density at radius 3 is 2.19 bits per heavy atom. The molecule has 0 aliphatic heterocycles. The average Bonchev–Trinajstić information content (AvgIpc) is 2.14. The summed E-state index contributed by atoms with van der Waals surface area (Å²) in [5.41, 5.74) is 0.334. The van der Waals surface area contributed by atoms with Crippen LogP contribution in [0, 0.1) is 5.92 Å². The quantitative estimate of drug-likeness (QED) is 0.380. The predicted molar refractivity (Wildman–Crippen MR) is 60.8 cm³/mol. The van der Waals surface area contributed by atoms with E-state index in [9.17, 15) is 9.59 Å². The first-order valence-corrected chi connectivity index (χ1v) is 5.32. The number of hydrogen-bond donors (Lipinski definition) is 0. The highest BCUT2D eigenvalue weighted by Gasteiger charge is 2.19. The number of ether oxygens (including phenoxy) is 2. The molecule has 0 rings (SSSR count). The van der Waals surface area contributed by atoms with Crippen LogP contribution >= 0.6 is 0 Å². The molecule has 0 aromatic rings. The van der Waals surface area contributed by atoms with E-state index in [0.717, 1.165) is 0 Å². The van der Waals surface area contributed by atoms with Gasteiger partial charge in [0.15, 0.2) is 0 Å². The lowest BCUT2D eigenvalue weighted by Gasteiger charge is -2.21. The molecule has 0 aliphatic rings. The Kier molecular flexibility index (Phi) is 6.65. The van der Waals surface area contributed by atoms with Crippen LogP contribution in [0.3, 0.4) is 0 Å². The number of carbonyl (C=O) groups excluding carboxylic acids is 2. The summed E-state index contributed by atoms with van der Waals surface area (Å²) in [6, 6.07) is 0. The van der Waals surface area contributed by atoms with Gasteiger partial charge in [0, 0.05) is 17.9 Å². The molecular weight excluding hydrogens is 208 g/mol. The van der Waals surface area contributed by atoms with Crippen LogP contribution in [0.2, 0.25) is 0 Å². The first kappa shape index (κ1) is 14.8. The van der Waals surface area contributed by atoms with Gasteiger partial charge in [0.2, 0.25) is 6.29 Å². The van der Waals surface area contributed by atoms with E-state index in [1.807, 2.05) is 13.8 Å². The van der Waals surface area contributed by atoms with Crippen molar-refractivity contribution in [1.29, 1.82) is 0 Å². The van der Waals surface area contributed by atoms with Gasteiger partial charge in [-0.3, -0.25) is 4.79 Å². The summed E-state index contributed by atoms with van der Waals surface area (Å²) in [6.07, 6.45) is -0.294.